The standard InChI is InChI=1S/C23H21N5O3/c1-3-31-18-13-11-17(12-14-18)25-22-21(28(29)30)15(2)24-23(27-22)26-20-10-6-8-16-7-4-5-9-19(16)20/h4-14H,3H2,1-2H3,(H2,24,25,26,27). The van der Waals surface area contributed by atoms with E-state index in [1.807, 2.05) is 49.4 Å². The van der Waals surface area contributed by atoms with Crippen LogP contribution in [0.4, 0.5) is 28.8 Å². The fourth-order valence-corrected chi connectivity index (χ4v) is 3.32. The fourth-order valence-electron chi connectivity index (χ4n) is 3.32. The summed E-state index contributed by atoms with van der Waals surface area (Å²) in [5.74, 6) is 1.11. The molecule has 0 fully saturated rings. The van der Waals surface area contributed by atoms with Crippen molar-refractivity contribution >= 4 is 39.6 Å². The number of nitrogens with zero attached hydrogens (tertiary/aromatic N) is 3. The van der Waals surface area contributed by atoms with Gasteiger partial charge in [0.25, 0.3) is 0 Å². The van der Waals surface area contributed by atoms with Crippen molar-refractivity contribution < 1.29 is 9.66 Å². The van der Waals surface area contributed by atoms with Crippen molar-refractivity contribution in [3.63, 3.8) is 0 Å². The Morgan fingerprint density at radius 2 is 1.71 bits per heavy atom. The van der Waals surface area contributed by atoms with E-state index in [4.69, 9.17) is 4.74 Å². The lowest BCUT2D eigenvalue weighted by Crippen LogP contribution is -2.07. The highest BCUT2D eigenvalue weighted by atomic mass is 16.6. The predicted molar refractivity (Wildman–Crippen MR) is 122 cm³/mol. The van der Waals surface area contributed by atoms with E-state index in [2.05, 4.69) is 20.6 Å². The molecule has 0 spiro atoms. The molecule has 8 heteroatoms. The molecule has 0 saturated heterocycles. The molecule has 8 nitrogen and oxygen atoms in total. The van der Waals surface area contributed by atoms with Crippen molar-refractivity contribution in [2.75, 3.05) is 17.2 Å². The van der Waals surface area contributed by atoms with E-state index in [1.165, 1.54) is 0 Å². The van der Waals surface area contributed by atoms with Gasteiger partial charge in [0, 0.05) is 16.8 Å². The van der Waals surface area contributed by atoms with Gasteiger partial charge in [-0.3, -0.25) is 10.1 Å². The van der Waals surface area contributed by atoms with Gasteiger partial charge in [-0.05, 0) is 49.6 Å². The van der Waals surface area contributed by atoms with E-state index in [0.717, 1.165) is 22.2 Å². The van der Waals surface area contributed by atoms with Crippen LogP contribution in [0, 0.1) is 17.0 Å². The van der Waals surface area contributed by atoms with Crippen LogP contribution in [-0.2, 0) is 0 Å². The van der Waals surface area contributed by atoms with Gasteiger partial charge in [-0.25, -0.2) is 4.98 Å². The van der Waals surface area contributed by atoms with Crippen molar-refractivity contribution in [1.82, 2.24) is 9.97 Å². The first-order valence-electron chi connectivity index (χ1n) is 9.83. The first kappa shape index (κ1) is 20.1. The van der Waals surface area contributed by atoms with Gasteiger partial charge in [-0.1, -0.05) is 36.4 Å². The van der Waals surface area contributed by atoms with Gasteiger partial charge in [0.15, 0.2) is 0 Å². The maximum atomic E-state index is 11.7. The number of hydrogen-bond donors (Lipinski definition) is 2. The minimum Gasteiger partial charge on any atom is -0.494 e. The van der Waals surface area contributed by atoms with Crippen LogP contribution in [0.15, 0.2) is 66.7 Å². The van der Waals surface area contributed by atoms with Crippen LogP contribution in [0.25, 0.3) is 10.8 Å². The Balaban J connectivity index is 1.70. The van der Waals surface area contributed by atoms with E-state index in [9.17, 15) is 10.1 Å². The predicted octanol–water partition coefficient (Wildman–Crippen LogP) is 5.73. The van der Waals surface area contributed by atoms with Crippen LogP contribution in [-0.4, -0.2) is 21.5 Å². The Bertz CT molecular complexity index is 1240. The second kappa shape index (κ2) is 8.66. The average Bonchev–Trinajstić information content (AvgIpc) is 2.75. The van der Waals surface area contributed by atoms with Crippen LogP contribution < -0.4 is 15.4 Å². The molecule has 0 aliphatic rings. The van der Waals surface area contributed by atoms with E-state index in [-0.39, 0.29) is 23.1 Å². The Morgan fingerprint density at radius 1 is 0.968 bits per heavy atom. The molecule has 0 saturated carbocycles. The summed E-state index contributed by atoms with van der Waals surface area (Å²) >= 11 is 0. The van der Waals surface area contributed by atoms with Crippen molar-refractivity contribution in [1.29, 1.82) is 0 Å². The van der Waals surface area contributed by atoms with Gasteiger partial charge in [0.05, 0.1) is 11.5 Å². The number of fused-ring (bicyclic) bond motifs is 1. The Kier molecular flexibility index (Phi) is 5.61. The SMILES string of the molecule is CCOc1ccc(Nc2nc(Nc3cccc4ccccc34)nc(C)c2[N+](=O)[O-])cc1. The van der Waals surface area contributed by atoms with Gasteiger partial charge in [0.2, 0.25) is 11.8 Å². The third-order valence-electron chi connectivity index (χ3n) is 4.71. The molecule has 0 bridgehead atoms. The van der Waals surface area contributed by atoms with Crippen molar-refractivity contribution in [2.45, 2.75) is 13.8 Å². The zero-order valence-corrected chi connectivity index (χ0v) is 17.1. The van der Waals surface area contributed by atoms with E-state index in [0.29, 0.717) is 12.3 Å². The lowest BCUT2D eigenvalue weighted by atomic mass is 10.1. The van der Waals surface area contributed by atoms with Gasteiger partial charge < -0.3 is 15.4 Å². The van der Waals surface area contributed by atoms with Gasteiger partial charge in [-0.15, -0.1) is 0 Å². The first-order valence-corrected chi connectivity index (χ1v) is 9.83. The Hall–Kier alpha value is -4.20. The zero-order chi connectivity index (χ0) is 21.8. The molecular formula is C23H21N5O3. The number of anilines is 4. The summed E-state index contributed by atoms with van der Waals surface area (Å²) in [7, 11) is 0. The number of rotatable bonds is 7. The van der Waals surface area contributed by atoms with Crippen molar-refractivity contribution in [3.8, 4) is 5.75 Å². The molecule has 4 aromatic rings. The summed E-state index contributed by atoms with van der Waals surface area (Å²) < 4.78 is 5.44. The lowest BCUT2D eigenvalue weighted by Gasteiger charge is -2.12. The molecule has 0 aliphatic carbocycles. The Morgan fingerprint density at radius 3 is 2.45 bits per heavy atom. The highest BCUT2D eigenvalue weighted by molar-refractivity contribution is 5.95. The zero-order valence-electron chi connectivity index (χ0n) is 17.1. The number of benzene rings is 3. The second-order valence-corrected chi connectivity index (χ2v) is 6.82. The number of nitrogens with one attached hydrogen (secondary N) is 2. The van der Waals surface area contributed by atoms with Crippen molar-refractivity contribution in [2.24, 2.45) is 0 Å². The molecule has 0 aliphatic heterocycles. The molecule has 0 atom stereocenters. The molecule has 1 heterocycles. The summed E-state index contributed by atoms with van der Waals surface area (Å²) in [5.41, 5.74) is 1.56. The summed E-state index contributed by atoms with van der Waals surface area (Å²) in [6, 6.07) is 20.9. The molecule has 3 aromatic carbocycles. The maximum absolute atomic E-state index is 11.7. The molecule has 4 rings (SSSR count). The van der Waals surface area contributed by atoms with Gasteiger partial charge in [0.1, 0.15) is 11.4 Å². The Labute approximate surface area is 179 Å². The number of aryl methyl sites for hydroxylation is 1. The highest BCUT2D eigenvalue weighted by Gasteiger charge is 2.22. The summed E-state index contributed by atoms with van der Waals surface area (Å²) in [5, 5.41) is 20.0. The average molecular weight is 415 g/mol. The topological polar surface area (TPSA) is 102 Å². The third kappa shape index (κ3) is 4.37. The largest absolute Gasteiger partial charge is 0.494 e. The second-order valence-electron chi connectivity index (χ2n) is 6.82. The summed E-state index contributed by atoms with van der Waals surface area (Å²) in [4.78, 5) is 19.9. The number of aromatic nitrogens is 2. The minimum atomic E-state index is -0.478. The van der Waals surface area contributed by atoms with E-state index in [1.54, 1.807) is 31.2 Å². The minimum absolute atomic E-state index is 0.115. The van der Waals surface area contributed by atoms with Crippen LogP contribution in [0.2, 0.25) is 0 Å². The first-order chi connectivity index (χ1) is 15.0. The molecule has 0 radical (unpaired) electrons. The summed E-state index contributed by atoms with van der Waals surface area (Å²) in [6.45, 7) is 4.06. The van der Waals surface area contributed by atoms with Crippen molar-refractivity contribution in [3.05, 3.63) is 82.5 Å². The van der Waals surface area contributed by atoms with Crippen LogP contribution in [0.3, 0.4) is 0 Å². The summed E-state index contributed by atoms with van der Waals surface area (Å²) in [6.07, 6.45) is 0. The molecule has 156 valence electrons. The highest BCUT2D eigenvalue weighted by Crippen LogP contribution is 2.32. The lowest BCUT2D eigenvalue weighted by molar-refractivity contribution is -0.385. The van der Waals surface area contributed by atoms with E-state index >= 15 is 0 Å². The van der Waals surface area contributed by atoms with E-state index < -0.39 is 4.92 Å². The van der Waals surface area contributed by atoms with Gasteiger partial charge in [-0.2, -0.15) is 4.98 Å². The molecule has 0 unspecified atom stereocenters. The number of nitro groups is 1. The number of hydrogen-bond acceptors (Lipinski definition) is 7. The molecule has 31 heavy (non-hydrogen) atoms. The fraction of sp³-hybridized carbons (Fsp3) is 0.130. The molecule has 1 aromatic heterocycles. The third-order valence-corrected chi connectivity index (χ3v) is 4.71. The molecule has 2 N–H and O–H groups in total. The van der Waals surface area contributed by atoms with Gasteiger partial charge >= 0.3 is 5.69 Å². The molecular weight excluding hydrogens is 394 g/mol. The maximum Gasteiger partial charge on any atom is 0.332 e. The normalized spacial score (nSPS) is 10.6. The molecule has 0 amide bonds. The van der Waals surface area contributed by atoms with Crippen LogP contribution in [0.1, 0.15) is 12.6 Å². The monoisotopic (exact) mass is 415 g/mol. The van der Waals surface area contributed by atoms with Crippen LogP contribution in [0.5, 0.6) is 5.75 Å². The number of ether oxygens (including phenoxy) is 1. The van der Waals surface area contributed by atoms with Crippen LogP contribution >= 0.6 is 0 Å². The quantitative estimate of drug-likeness (QED) is 0.293. The smallest absolute Gasteiger partial charge is 0.332 e.